The van der Waals surface area contributed by atoms with Gasteiger partial charge in [0.05, 0.1) is 18.5 Å². The molecule has 0 fully saturated rings. The fourth-order valence-corrected chi connectivity index (χ4v) is 2.05. The molecule has 0 atom stereocenters. The van der Waals surface area contributed by atoms with E-state index in [1.807, 2.05) is 13.8 Å². The first-order chi connectivity index (χ1) is 10.1. The molecule has 6 heteroatoms. The number of hydrogen-bond donors (Lipinski definition) is 0. The minimum Gasteiger partial charge on any atom is -0.497 e. The van der Waals surface area contributed by atoms with Crippen molar-refractivity contribution in [3.05, 3.63) is 41.7 Å². The molecule has 1 aromatic carbocycles. The maximum atomic E-state index is 14.2. The van der Waals surface area contributed by atoms with Crippen LogP contribution in [0.1, 0.15) is 11.4 Å². The van der Waals surface area contributed by atoms with Gasteiger partial charge in [0.2, 0.25) is 0 Å². The van der Waals surface area contributed by atoms with Crippen LogP contribution in [0, 0.1) is 19.7 Å². The SMILES string of the molecule is COc1ccc(-c2ncnc3nc(C)c(C)nc23)c(F)c1. The van der Waals surface area contributed by atoms with Crippen LogP contribution in [0.5, 0.6) is 5.75 Å². The molecular formula is C15H13FN4O. The van der Waals surface area contributed by atoms with Gasteiger partial charge in [-0.2, -0.15) is 0 Å². The Morgan fingerprint density at radius 3 is 2.52 bits per heavy atom. The van der Waals surface area contributed by atoms with Crippen molar-refractivity contribution in [2.45, 2.75) is 13.8 Å². The molecule has 0 amide bonds. The quantitative estimate of drug-likeness (QED) is 0.724. The van der Waals surface area contributed by atoms with Crippen LogP contribution >= 0.6 is 0 Å². The monoisotopic (exact) mass is 284 g/mol. The Kier molecular flexibility index (Phi) is 3.21. The van der Waals surface area contributed by atoms with Crippen molar-refractivity contribution in [3.63, 3.8) is 0 Å². The number of hydrogen-bond acceptors (Lipinski definition) is 5. The summed E-state index contributed by atoms with van der Waals surface area (Å²) in [5.41, 5.74) is 3.29. The van der Waals surface area contributed by atoms with Gasteiger partial charge in [0, 0.05) is 11.6 Å². The highest BCUT2D eigenvalue weighted by Crippen LogP contribution is 2.28. The summed E-state index contributed by atoms with van der Waals surface area (Å²) in [6.07, 6.45) is 1.37. The van der Waals surface area contributed by atoms with Crippen molar-refractivity contribution in [2.24, 2.45) is 0 Å². The molecule has 0 radical (unpaired) electrons. The second-order valence-electron chi connectivity index (χ2n) is 4.63. The number of aromatic nitrogens is 4. The van der Waals surface area contributed by atoms with E-state index in [2.05, 4.69) is 19.9 Å². The maximum absolute atomic E-state index is 14.2. The molecule has 0 aliphatic rings. The standard InChI is InChI=1S/C15H13FN4O/c1-8-9(2)20-15-14(19-8)13(17-7-18-15)11-5-4-10(21-3)6-12(11)16/h4-7H,1-3H3. The van der Waals surface area contributed by atoms with Crippen LogP contribution in [0.3, 0.4) is 0 Å². The Morgan fingerprint density at radius 2 is 1.81 bits per heavy atom. The van der Waals surface area contributed by atoms with Crippen molar-refractivity contribution < 1.29 is 9.13 Å². The molecule has 0 aliphatic heterocycles. The molecule has 2 heterocycles. The zero-order chi connectivity index (χ0) is 15.0. The molecule has 21 heavy (non-hydrogen) atoms. The van der Waals surface area contributed by atoms with Crippen LogP contribution < -0.4 is 4.74 Å². The van der Waals surface area contributed by atoms with Gasteiger partial charge in [0.1, 0.15) is 29.1 Å². The lowest BCUT2D eigenvalue weighted by Gasteiger charge is -2.08. The van der Waals surface area contributed by atoms with E-state index in [1.165, 1.54) is 19.5 Å². The summed E-state index contributed by atoms with van der Waals surface area (Å²) in [5, 5.41) is 0. The van der Waals surface area contributed by atoms with E-state index >= 15 is 0 Å². The molecular weight excluding hydrogens is 271 g/mol. The van der Waals surface area contributed by atoms with Crippen LogP contribution in [0.15, 0.2) is 24.5 Å². The minimum absolute atomic E-state index is 0.348. The molecule has 0 N–H and O–H groups in total. The van der Waals surface area contributed by atoms with Crippen molar-refractivity contribution in [3.8, 4) is 17.0 Å². The Labute approximate surface area is 120 Å². The van der Waals surface area contributed by atoms with E-state index in [0.717, 1.165) is 11.4 Å². The highest BCUT2D eigenvalue weighted by atomic mass is 19.1. The van der Waals surface area contributed by atoms with E-state index in [4.69, 9.17) is 4.74 Å². The Balaban J connectivity index is 2.27. The van der Waals surface area contributed by atoms with Gasteiger partial charge in [-0.1, -0.05) is 0 Å². The lowest BCUT2D eigenvalue weighted by molar-refractivity contribution is 0.411. The summed E-state index contributed by atoms with van der Waals surface area (Å²) in [6, 6.07) is 4.62. The Hall–Kier alpha value is -2.63. The van der Waals surface area contributed by atoms with Gasteiger partial charge in [-0.05, 0) is 26.0 Å². The smallest absolute Gasteiger partial charge is 0.182 e. The van der Waals surface area contributed by atoms with Crippen LogP contribution in [0.4, 0.5) is 4.39 Å². The van der Waals surface area contributed by atoms with E-state index < -0.39 is 5.82 Å². The van der Waals surface area contributed by atoms with Gasteiger partial charge in [-0.15, -0.1) is 0 Å². The molecule has 0 saturated heterocycles. The summed E-state index contributed by atoms with van der Waals surface area (Å²) in [5.74, 6) is 0.0297. The third kappa shape index (κ3) is 2.29. The second kappa shape index (κ2) is 5.05. The van der Waals surface area contributed by atoms with Gasteiger partial charge < -0.3 is 4.74 Å². The normalized spacial score (nSPS) is 10.9. The minimum atomic E-state index is -0.422. The predicted molar refractivity (Wildman–Crippen MR) is 76.5 cm³/mol. The zero-order valence-corrected chi connectivity index (χ0v) is 11.9. The maximum Gasteiger partial charge on any atom is 0.182 e. The van der Waals surface area contributed by atoms with Gasteiger partial charge >= 0.3 is 0 Å². The fraction of sp³-hybridized carbons (Fsp3) is 0.200. The lowest BCUT2D eigenvalue weighted by atomic mass is 10.1. The topological polar surface area (TPSA) is 60.8 Å². The average Bonchev–Trinajstić information content (AvgIpc) is 2.48. The Bertz CT molecular complexity index is 835. The first-order valence-corrected chi connectivity index (χ1v) is 6.40. The summed E-state index contributed by atoms with van der Waals surface area (Å²) < 4.78 is 19.2. The van der Waals surface area contributed by atoms with Gasteiger partial charge in [-0.25, -0.2) is 24.3 Å². The van der Waals surface area contributed by atoms with Crippen molar-refractivity contribution >= 4 is 11.2 Å². The third-order valence-electron chi connectivity index (χ3n) is 3.31. The summed E-state index contributed by atoms with van der Waals surface area (Å²) in [7, 11) is 1.49. The van der Waals surface area contributed by atoms with E-state index in [9.17, 15) is 4.39 Å². The number of aryl methyl sites for hydroxylation is 2. The number of fused-ring (bicyclic) bond motifs is 1. The van der Waals surface area contributed by atoms with Crippen molar-refractivity contribution in [1.82, 2.24) is 19.9 Å². The summed E-state index contributed by atoms with van der Waals surface area (Å²) in [4.78, 5) is 17.1. The first-order valence-electron chi connectivity index (χ1n) is 6.40. The van der Waals surface area contributed by atoms with Crippen LogP contribution in [0.25, 0.3) is 22.4 Å². The average molecular weight is 284 g/mol. The fourth-order valence-electron chi connectivity index (χ4n) is 2.05. The second-order valence-corrected chi connectivity index (χ2v) is 4.63. The number of methoxy groups -OCH3 is 1. The number of benzene rings is 1. The van der Waals surface area contributed by atoms with Crippen LogP contribution in [-0.4, -0.2) is 27.0 Å². The third-order valence-corrected chi connectivity index (χ3v) is 3.31. The molecule has 3 aromatic rings. The molecule has 106 valence electrons. The molecule has 0 aliphatic carbocycles. The van der Waals surface area contributed by atoms with Crippen molar-refractivity contribution in [2.75, 3.05) is 7.11 Å². The molecule has 0 unspecified atom stereocenters. The number of halogens is 1. The number of nitrogens with zero attached hydrogens (tertiary/aromatic N) is 4. The van der Waals surface area contributed by atoms with Crippen LogP contribution in [0.2, 0.25) is 0 Å². The highest BCUT2D eigenvalue weighted by Gasteiger charge is 2.14. The molecule has 0 saturated carbocycles. The van der Waals surface area contributed by atoms with Gasteiger partial charge in [0.25, 0.3) is 0 Å². The Morgan fingerprint density at radius 1 is 1.05 bits per heavy atom. The summed E-state index contributed by atoms with van der Waals surface area (Å²) >= 11 is 0. The number of ether oxygens (including phenoxy) is 1. The van der Waals surface area contributed by atoms with E-state index in [0.29, 0.717) is 28.2 Å². The molecule has 3 rings (SSSR count). The molecule has 0 bridgehead atoms. The summed E-state index contributed by atoms with van der Waals surface area (Å²) in [6.45, 7) is 3.71. The van der Waals surface area contributed by atoms with Gasteiger partial charge in [0.15, 0.2) is 5.65 Å². The molecule has 2 aromatic heterocycles. The lowest BCUT2D eigenvalue weighted by Crippen LogP contribution is -2.00. The van der Waals surface area contributed by atoms with Crippen molar-refractivity contribution in [1.29, 1.82) is 0 Å². The highest BCUT2D eigenvalue weighted by molar-refractivity contribution is 5.86. The van der Waals surface area contributed by atoms with E-state index in [-0.39, 0.29) is 0 Å². The predicted octanol–water partition coefficient (Wildman–Crippen LogP) is 2.85. The molecule has 5 nitrogen and oxygen atoms in total. The molecule has 0 spiro atoms. The van der Waals surface area contributed by atoms with Gasteiger partial charge in [-0.3, -0.25) is 0 Å². The van der Waals surface area contributed by atoms with E-state index in [1.54, 1.807) is 12.1 Å². The van der Waals surface area contributed by atoms with Crippen LogP contribution in [-0.2, 0) is 0 Å². The number of rotatable bonds is 2. The first kappa shape index (κ1) is 13.4. The zero-order valence-electron chi connectivity index (χ0n) is 11.9. The largest absolute Gasteiger partial charge is 0.497 e.